The van der Waals surface area contributed by atoms with E-state index in [-0.39, 0.29) is 5.91 Å². The van der Waals surface area contributed by atoms with E-state index in [0.29, 0.717) is 13.0 Å². The summed E-state index contributed by atoms with van der Waals surface area (Å²) >= 11 is 0. The average molecular weight is 230 g/mol. The van der Waals surface area contributed by atoms with E-state index in [0.717, 1.165) is 6.54 Å². The highest BCUT2D eigenvalue weighted by Gasteiger charge is 2.04. The zero-order chi connectivity index (χ0) is 12.3. The fourth-order valence-electron chi connectivity index (χ4n) is 2.08. The summed E-state index contributed by atoms with van der Waals surface area (Å²) in [7, 11) is 0. The van der Waals surface area contributed by atoms with Crippen LogP contribution in [0.15, 0.2) is 30.5 Å². The molecule has 0 aliphatic rings. The maximum Gasteiger partial charge on any atom is 0.221 e. The van der Waals surface area contributed by atoms with E-state index in [2.05, 4.69) is 47.3 Å². The van der Waals surface area contributed by atoms with Crippen molar-refractivity contribution in [2.24, 2.45) is 0 Å². The molecule has 1 heterocycles. The Bertz CT molecular complexity index is 528. The molecule has 0 bridgehead atoms. The zero-order valence-electron chi connectivity index (χ0n) is 10.4. The number of hydrogen-bond acceptors (Lipinski definition) is 1. The molecule has 1 aromatic heterocycles. The van der Waals surface area contributed by atoms with Crippen molar-refractivity contribution in [3.05, 3.63) is 36.0 Å². The van der Waals surface area contributed by atoms with Crippen molar-refractivity contribution in [2.45, 2.75) is 26.8 Å². The summed E-state index contributed by atoms with van der Waals surface area (Å²) < 4.78 is 2.14. The molecule has 2 rings (SSSR count). The van der Waals surface area contributed by atoms with E-state index in [1.165, 1.54) is 16.5 Å². The Hall–Kier alpha value is -1.77. The summed E-state index contributed by atoms with van der Waals surface area (Å²) in [6, 6.07) is 8.37. The number of benzene rings is 1. The van der Waals surface area contributed by atoms with Crippen molar-refractivity contribution in [3.8, 4) is 0 Å². The van der Waals surface area contributed by atoms with Crippen molar-refractivity contribution in [2.75, 3.05) is 6.54 Å². The smallest absolute Gasteiger partial charge is 0.221 e. The number of nitrogens with zero attached hydrogens (tertiary/aromatic N) is 1. The fraction of sp³-hybridized carbons (Fsp3) is 0.357. The van der Waals surface area contributed by atoms with Crippen molar-refractivity contribution in [3.63, 3.8) is 0 Å². The van der Waals surface area contributed by atoms with E-state index in [1.54, 1.807) is 0 Å². The number of fused-ring (bicyclic) bond motifs is 1. The van der Waals surface area contributed by atoms with Crippen LogP contribution >= 0.6 is 0 Å². The summed E-state index contributed by atoms with van der Waals surface area (Å²) in [6.45, 7) is 5.48. The van der Waals surface area contributed by atoms with Crippen molar-refractivity contribution < 1.29 is 4.79 Å². The molecule has 90 valence electrons. The number of aryl methyl sites for hydroxylation is 2. The Morgan fingerprint density at radius 1 is 1.35 bits per heavy atom. The normalized spacial score (nSPS) is 10.7. The Balaban J connectivity index is 2.14. The Morgan fingerprint density at radius 2 is 2.18 bits per heavy atom. The van der Waals surface area contributed by atoms with Crippen LogP contribution in [0.5, 0.6) is 0 Å². The highest BCUT2D eigenvalue weighted by atomic mass is 16.1. The van der Waals surface area contributed by atoms with Crippen LogP contribution < -0.4 is 5.32 Å². The quantitative estimate of drug-likeness (QED) is 0.860. The van der Waals surface area contributed by atoms with Crippen LogP contribution in [0.1, 0.15) is 18.9 Å². The second-order valence-corrected chi connectivity index (χ2v) is 4.22. The molecule has 0 radical (unpaired) electrons. The lowest BCUT2D eigenvalue weighted by atomic mass is 10.1. The number of nitrogens with one attached hydrogen (secondary N) is 1. The molecule has 0 saturated carbocycles. The second-order valence-electron chi connectivity index (χ2n) is 4.22. The minimum Gasteiger partial charge on any atom is -0.356 e. The predicted molar refractivity (Wildman–Crippen MR) is 70.0 cm³/mol. The summed E-state index contributed by atoms with van der Waals surface area (Å²) in [5.41, 5.74) is 2.48. The van der Waals surface area contributed by atoms with Gasteiger partial charge in [0.1, 0.15) is 0 Å². The zero-order valence-corrected chi connectivity index (χ0v) is 10.4. The first-order valence-electron chi connectivity index (χ1n) is 6.03. The molecule has 0 atom stereocenters. The SMILES string of the molecule is CCNC(=O)CCn1ccc2c(C)cccc21. The number of carbonyl (C=O) groups excluding carboxylic acids is 1. The van der Waals surface area contributed by atoms with Gasteiger partial charge in [-0.05, 0) is 31.5 Å². The number of aromatic nitrogens is 1. The molecule has 17 heavy (non-hydrogen) atoms. The van der Waals surface area contributed by atoms with Gasteiger partial charge < -0.3 is 9.88 Å². The Labute approximate surface area is 101 Å². The molecule has 0 fully saturated rings. The Kier molecular flexibility index (Phi) is 3.47. The molecule has 2 aromatic rings. The van der Waals surface area contributed by atoms with Crippen LogP contribution in [0.4, 0.5) is 0 Å². The van der Waals surface area contributed by atoms with E-state index in [9.17, 15) is 4.79 Å². The van der Waals surface area contributed by atoms with Gasteiger partial charge in [0.25, 0.3) is 0 Å². The molecule has 1 aromatic carbocycles. The lowest BCUT2D eigenvalue weighted by Crippen LogP contribution is -2.23. The molecule has 1 N–H and O–H groups in total. The highest BCUT2D eigenvalue weighted by Crippen LogP contribution is 2.19. The first-order valence-corrected chi connectivity index (χ1v) is 6.03. The van der Waals surface area contributed by atoms with Gasteiger partial charge in [-0.3, -0.25) is 4.79 Å². The van der Waals surface area contributed by atoms with Crippen LogP contribution in [-0.2, 0) is 11.3 Å². The third-order valence-corrected chi connectivity index (χ3v) is 2.99. The summed E-state index contributed by atoms with van der Waals surface area (Å²) in [5, 5.41) is 4.08. The maximum absolute atomic E-state index is 11.4. The summed E-state index contributed by atoms with van der Waals surface area (Å²) in [6.07, 6.45) is 2.59. The molecule has 3 nitrogen and oxygen atoms in total. The van der Waals surface area contributed by atoms with Crippen molar-refractivity contribution in [1.29, 1.82) is 0 Å². The summed E-state index contributed by atoms with van der Waals surface area (Å²) in [4.78, 5) is 11.4. The minimum absolute atomic E-state index is 0.113. The molecule has 1 amide bonds. The van der Waals surface area contributed by atoms with E-state index in [4.69, 9.17) is 0 Å². The van der Waals surface area contributed by atoms with Crippen molar-refractivity contribution >= 4 is 16.8 Å². The molecule has 3 heteroatoms. The lowest BCUT2D eigenvalue weighted by molar-refractivity contribution is -0.121. The van der Waals surface area contributed by atoms with Gasteiger partial charge in [-0.15, -0.1) is 0 Å². The first kappa shape index (κ1) is 11.7. The molecule has 0 saturated heterocycles. The Morgan fingerprint density at radius 3 is 2.94 bits per heavy atom. The van der Waals surface area contributed by atoms with Crippen LogP contribution in [0.3, 0.4) is 0 Å². The van der Waals surface area contributed by atoms with E-state index < -0.39 is 0 Å². The summed E-state index contributed by atoms with van der Waals surface area (Å²) in [5.74, 6) is 0.113. The maximum atomic E-state index is 11.4. The van der Waals surface area contributed by atoms with Gasteiger partial charge >= 0.3 is 0 Å². The third-order valence-electron chi connectivity index (χ3n) is 2.99. The molecule has 0 aliphatic heterocycles. The average Bonchev–Trinajstić information content (AvgIpc) is 2.72. The van der Waals surface area contributed by atoms with Gasteiger partial charge in [0.2, 0.25) is 5.91 Å². The molecule has 0 aliphatic carbocycles. The van der Waals surface area contributed by atoms with E-state index in [1.807, 2.05) is 6.92 Å². The molecule has 0 unspecified atom stereocenters. The number of hydrogen-bond donors (Lipinski definition) is 1. The van der Waals surface area contributed by atoms with Gasteiger partial charge in [0.15, 0.2) is 0 Å². The van der Waals surface area contributed by atoms with Gasteiger partial charge in [-0.25, -0.2) is 0 Å². The molecule has 0 spiro atoms. The second kappa shape index (κ2) is 5.04. The molecular formula is C14H18N2O. The third kappa shape index (κ3) is 2.49. The van der Waals surface area contributed by atoms with Gasteiger partial charge in [-0.1, -0.05) is 12.1 Å². The number of amides is 1. The topological polar surface area (TPSA) is 34.0 Å². The predicted octanol–water partition coefficient (Wildman–Crippen LogP) is 2.48. The minimum atomic E-state index is 0.113. The van der Waals surface area contributed by atoms with Crippen LogP contribution in [0.25, 0.3) is 10.9 Å². The van der Waals surface area contributed by atoms with Gasteiger partial charge in [-0.2, -0.15) is 0 Å². The fourth-order valence-corrected chi connectivity index (χ4v) is 2.08. The highest BCUT2D eigenvalue weighted by molar-refractivity contribution is 5.83. The van der Waals surface area contributed by atoms with Crippen LogP contribution in [0.2, 0.25) is 0 Å². The van der Waals surface area contributed by atoms with Crippen LogP contribution in [0, 0.1) is 6.92 Å². The number of rotatable bonds is 4. The van der Waals surface area contributed by atoms with E-state index >= 15 is 0 Å². The van der Waals surface area contributed by atoms with Gasteiger partial charge in [0, 0.05) is 36.6 Å². The largest absolute Gasteiger partial charge is 0.356 e. The van der Waals surface area contributed by atoms with Gasteiger partial charge in [0.05, 0.1) is 0 Å². The standard InChI is InChI=1S/C14H18N2O/c1-3-15-14(17)8-10-16-9-7-12-11(2)5-4-6-13(12)16/h4-7,9H,3,8,10H2,1-2H3,(H,15,17). The number of carbonyl (C=O) groups is 1. The monoisotopic (exact) mass is 230 g/mol. The molecular weight excluding hydrogens is 212 g/mol. The van der Waals surface area contributed by atoms with Crippen LogP contribution in [-0.4, -0.2) is 17.0 Å². The first-order chi connectivity index (χ1) is 8.22. The lowest BCUT2D eigenvalue weighted by Gasteiger charge is -2.06. The van der Waals surface area contributed by atoms with Crippen molar-refractivity contribution in [1.82, 2.24) is 9.88 Å².